The molecule has 1 amide bonds. The van der Waals surface area contributed by atoms with E-state index in [1.54, 1.807) is 6.21 Å². The summed E-state index contributed by atoms with van der Waals surface area (Å²) in [6.07, 6.45) is 4.15. The Kier molecular flexibility index (Phi) is 6.40. The molecule has 5 heteroatoms. The van der Waals surface area contributed by atoms with E-state index < -0.39 is 0 Å². The molecule has 120 valence electrons. The van der Waals surface area contributed by atoms with Gasteiger partial charge in [0.15, 0.2) is 6.54 Å². The summed E-state index contributed by atoms with van der Waals surface area (Å²) in [5.41, 5.74) is 4.82. The van der Waals surface area contributed by atoms with Crippen LogP contribution in [0, 0.1) is 0 Å². The van der Waals surface area contributed by atoms with Gasteiger partial charge in [0.25, 0.3) is 5.91 Å². The monoisotopic (exact) mass is 303 g/mol. The van der Waals surface area contributed by atoms with E-state index in [9.17, 15) is 4.79 Å². The third-order valence-electron chi connectivity index (χ3n) is 4.15. The number of hydrogen-bond donors (Lipinski definition) is 2. The van der Waals surface area contributed by atoms with Crippen molar-refractivity contribution < 1.29 is 9.69 Å². The van der Waals surface area contributed by atoms with Gasteiger partial charge in [-0.3, -0.25) is 4.79 Å². The minimum absolute atomic E-state index is 0.00656. The van der Waals surface area contributed by atoms with E-state index in [4.69, 9.17) is 0 Å². The Morgan fingerprint density at radius 1 is 1.23 bits per heavy atom. The molecule has 0 atom stereocenters. The van der Waals surface area contributed by atoms with Gasteiger partial charge in [-0.05, 0) is 31.5 Å². The van der Waals surface area contributed by atoms with Crippen LogP contribution in [0.1, 0.15) is 32.3 Å². The average molecular weight is 303 g/mol. The summed E-state index contributed by atoms with van der Waals surface area (Å²) in [4.78, 5) is 15.4. The molecule has 0 spiro atoms. The van der Waals surface area contributed by atoms with Crippen molar-refractivity contribution in [2.24, 2.45) is 5.10 Å². The number of hydrogen-bond acceptors (Lipinski definition) is 3. The maximum atomic E-state index is 11.8. The molecule has 1 aliphatic heterocycles. The predicted molar refractivity (Wildman–Crippen MR) is 90.5 cm³/mol. The zero-order valence-corrected chi connectivity index (χ0v) is 13.6. The lowest BCUT2D eigenvalue weighted by molar-refractivity contribution is -0.879. The standard InChI is InChI=1S/C17H26N4O/c1-3-21(4-2)16-9-7-15(8-10-16)13-18-19-17(22)14-20-11-5-6-12-20/h7-10,13H,3-6,11-12,14H2,1-2H3,(H,19,22)/p+1/b18-13-. The first-order valence-corrected chi connectivity index (χ1v) is 8.23. The van der Waals surface area contributed by atoms with Crippen LogP contribution >= 0.6 is 0 Å². The first-order valence-electron chi connectivity index (χ1n) is 8.23. The maximum absolute atomic E-state index is 11.8. The molecule has 0 saturated carbocycles. The van der Waals surface area contributed by atoms with E-state index in [0.717, 1.165) is 31.7 Å². The second-order valence-corrected chi connectivity index (χ2v) is 5.69. The predicted octanol–water partition coefficient (Wildman–Crippen LogP) is 0.662. The van der Waals surface area contributed by atoms with Crippen molar-refractivity contribution in [1.29, 1.82) is 0 Å². The number of likely N-dealkylation sites (tertiary alicyclic amines) is 1. The van der Waals surface area contributed by atoms with Crippen molar-refractivity contribution in [2.75, 3.05) is 37.6 Å². The van der Waals surface area contributed by atoms with E-state index in [1.807, 2.05) is 12.1 Å². The van der Waals surface area contributed by atoms with Gasteiger partial charge in [-0.1, -0.05) is 12.1 Å². The molecule has 1 aromatic carbocycles. The number of anilines is 1. The summed E-state index contributed by atoms with van der Waals surface area (Å²) >= 11 is 0. The fourth-order valence-corrected chi connectivity index (χ4v) is 2.86. The van der Waals surface area contributed by atoms with Crippen molar-refractivity contribution in [3.05, 3.63) is 29.8 Å². The third kappa shape index (κ3) is 4.84. The van der Waals surface area contributed by atoms with Gasteiger partial charge in [0.05, 0.1) is 19.3 Å². The lowest BCUT2D eigenvalue weighted by Gasteiger charge is -2.20. The molecule has 1 heterocycles. The number of quaternary nitrogens is 1. The fraction of sp³-hybridized carbons (Fsp3) is 0.529. The van der Waals surface area contributed by atoms with Gasteiger partial charge in [-0.25, -0.2) is 5.43 Å². The van der Waals surface area contributed by atoms with Crippen LogP contribution in [0.25, 0.3) is 0 Å². The van der Waals surface area contributed by atoms with Gasteiger partial charge in [-0.15, -0.1) is 0 Å². The number of amides is 1. The van der Waals surface area contributed by atoms with Crippen molar-refractivity contribution in [2.45, 2.75) is 26.7 Å². The molecule has 1 aromatic rings. The lowest BCUT2D eigenvalue weighted by atomic mass is 10.2. The number of nitrogens with zero attached hydrogens (tertiary/aromatic N) is 2. The summed E-state index contributed by atoms with van der Waals surface area (Å²) in [6.45, 7) is 9.03. The summed E-state index contributed by atoms with van der Waals surface area (Å²) in [5.74, 6) is -0.00656. The van der Waals surface area contributed by atoms with E-state index >= 15 is 0 Å². The van der Waals surface area contributed by atoms with Crippen LogP contribution in [-0.2, 0) is 4.79 Å². The highest BCUT2D eigenvalue weighted by molar-refractivity contribution is 5.83. The largest absolute Gasteiger partial charge is 0.372 e. The van der Waals surface area contributed by atoms with Gasteiger partial charge in [0.2, 0.25) is 0 Å². The average Bonchev–Trinajstić information content (AvgIpc) is 3.03. The van der Waals surface area contributed by atoms with Crippen molar-refractivity contribution >= 4 is 17.8 Å². The Morgan fingerprint density at radius 2 is 1.86 bits per heavy atom. The third-order valence-corrected chi connectivity index (χ3v) is 4.15. The van der Waals surface area contributed by atoms with Crippen LogP contribution in [0.2, 0.25) is 0 Å². The summed E-state index contributed by atoms with van der Waals surface area (Å²) in [5, 5.41) is 4.05. The topological polar surface area (TPSA) is 49.1 Å². The Hall–Kier alpha value is -1.88. The highest BCUT2D eigenvalue weighted by Crippen LogP contribution is 2.13. The molecule has 0 radical (unpaired) electrons. The maximum Gasteiger partial charge on any atom is 0.295 e. The van der Waals surface area contributed by atoms with Crippen LogP contribution < -0.4 is 15.2 Å². The Balaban J connectivity index is 1.81. The summed E-state index contributed by atoms with van der Waals surface area (Å²) in [7, 11) is 0. The van der Waals surface area contributed by atoms with Gasteiger partial charge in [0.1, 0.15) is 0 Å². The Labute approximate surface area is 133 Å². The molecule has 1 saturated heterocycles. The first kappa shape index (κ1) is 16.5. The van der Waals surface area contributed by atoms with Crippen LogP contribution in [-0.4, -0.2) is 44.8 Å². The molecule has 2 N–H and O–H groups in total. The molecular formula is C17H27N4O+. The van der Waals surface area contributed by atoms with Gasteiger partial charge in [-0.2, -0.15) is 5.10 Å². The highest BCUT2D eigenvalue weighted by Gasteiger charge is 2.18. The van der Waals surface area contributed by atoms with E-state index in [2.05, 4.69) is 41.4 Å². The number of benzene rings is 1. The molecule has 5 nitrogen and oxygen atoms in total. The summed E-state index contributed by atoms with van der Waals surface area (Å²) < 4.78 is 0. The number of rotatable bonds is 7. The van der Waals surface area contributed by atoms with Crippen LogP contribution in [0.4, 0.5) is 5.69 Å². The lowest BCUT2D eigenvalue weighted by Crippen LogP contribution is -3.11. The van der Waals surface area contributed by atoms with Crippen LogP contribution in [0.3, 0.4) is 0 Å². The molecule has 0 bridgehead atoms. The molecule has 1 aliphatic rings. The van der Waals surface area contributed by atoms with Gasteiger partial charge < -0.3 is 9.80 Å². The number of carbonyl (C=O) groups excluding carboxylic acids is 1. The zero-order valence-electron chi connectivity index (χ0n) is 13.6. The molecule has 22 heavy (non-hydrogen) atoms. The van der Waals surface area contributed by atoms with E-state index in [-0.39, 0.29) is 5.91 Å². The quantitative estimate of drug-likeness (QED) is 0.574. The normalized spacial score (nSPS) is 15.4. The van der Waals surface area contributed by atoms with E-state index in [1.165, 1.54) is 23.4 Å². The minimum Gasteiger partial charge on any atom is -0.372 e. The van der Waals surface area contributed by atoms with Gasteiger partial charge in [0, 0.05) is 31.6 Å². The summed E-state index contributed by atoms with van der Waals surface area (Å²) in [6, 6.07) is 8.22. The first-order chi connectivity index (χ1) is 10.7. The molecule has 2 rings (SSSR count). The Morgan fingerprint density at radius 3 is 2.45 bits per heavy atom. The molecule has 0 unspecified atom stereocenters. The smallest absolute Gasteiger partial charge is 0.295 e. The SMILES string of the molecule is CCN(CC)c1ccc(/C=N\NC(=O)C[NH+]2CCCC2)cc1. The fourth-order valence-electron chi connectivity index (χ4n) is 2.86. The highest BCUT2D eigenvalue weighted by atomic mass is 16.2. The van der Waals surface area contributed by atoms with E-state index in [0.29, 0.717) is 6.54 Å². The second kappa shape index (κ2) is 8.54. The Bertz CT molecular complexity index is 488. The molecule has 0 aliphatic carbocycles. The number of nitrogens with one attached hydrogen (secondary N) is 2. The number of hydrazone groups is 1. The second-order valence-electron chi connectivity index (χ2n) is 5.69. The van der Waals surface area contributed by atoms with Gasteiger partial charge >= 0.3 is 0 Å². The number of carbonyl (C=O) groups is 1. The minimum atomic E-state index is -0.00656. The van der Waals surface area contributed by atoms with Crippen molar-refractivity contribution in [3.8, 4) is 0 Å². The van der Waals surface area contributed by atoms with Crippen LogP contribution in [0.5, 0.6) is 0 Å². The van der Waals surface area contributed by atoms with Crippen molar-refractivity contribution in [1.82, 2.24) is 5.43 Å². The molecular weight excluding hydrogens is 276 g/mol. The van der Waals surface area contributed by atoms with Crippen LogP contribution in [0.15, 0.2) is 29.4 Å². The molecule has 1 fully saturated rings. The molecule has 0 aromatic heterocycles. The van der Waals surface area contributed by atoms with Crippen molar-refractivity contribution in [3.63, 3.8) is 0 Å². The zero-order chi connectivity index (χ0) is 15.8.